The van der Waals surface area contributed by atoms with Crippen molar-refractivity contribution >= 4 is 8.80 Å². The molecule has 0 amide bonds. The van der Waals surface area contributed by atoms with Crippen LogP contribution in [0.2, 0.25) is 0 Å². The van der Waals surface area contributed by atoms with E-state index in [1.54, 1.807) is 0 Å². The molecule has 0 unspecified atom stereocenters. The summed E-state index contributed by atoms with van der Waals surface area (Å²) in [5.41, 5.74) is 0. The molecule has 0 atom stereocenters. The molecule has 61 valence electrons. The molecule has 0 aromatic carbocycles. The van der Waals surface area contributed by atoms with E-state index in [9.17, 15) is 0 Å². The van der Waals surface area contributed by atoms with Gasteiger partial charge in [-0.15, -0.1) is 0 Å². The SMILES string of the molecule is CO[CH][Si](OC)(OC)OC. The molecular formula is C5H13O4Si. The molecule has 0 aromatic rings. The van der Waals surface area contributed by atoms with Crippen molar-refractivity contribution < 1.29 is 18.0 Å². The second-order valence-corrected chi connectivity index (χ2v) is 4.24. The van der Waals surface area contributed by atoms with Gasteiger partial charge in [-0.25, -0.2) is 0 Å². The average molecular weight is 165 g/mol. The van der Waals surface area contributed by atoms with Crippen LogP contribution in [0.5, 0.6) is 0 Å². The van der Waals surface area contributed by atoms with Crippen molar-refractivity contribution in [2.45, 2.75) is 0 Å². The highest BCUT2D eigenvalue weighted by Gasteiger charge is 2.38. The molecule has 0 spiro atoms. The first-order valence-corrected chi connectivity index (χ1v) is 4.57. The zero-order valence-electron chi connectivity index (χ0n) is 6.71. The third-order valence-electron chi connectivity index (χ3n) is 1.12. The molecule has 0 heterocycles. The van der Waals surface area contributed by atoms with Gasteiger partial charge in [-0.1, -0.05) is 0 Å². The Kier molecular flexibility index (Phi) is 4.84. The predicted octanol–water partition coefficient (Wildman–Crippen LogP) is 0.212. The lowest BCUT2D eigenvalue weighted by atomic mass is 11.5. The Balaban J connectivity index is 3.87. The Morgan fingerprint density at radius 1 is 0.900 bits per heavy atom. The van der Waals surface area contributed by atoms with E-state index in [1.165, 1.54) is 34.7 Å². The lowest BCUT2D eigenvalue weighted by Crippen LogP contribution is -2.44. The van der Waals surface area contributed by atoms with Crippen LogP contribution in [0.1, 0.15) is 0 Å². The molecule has 4 nitrogen and oxygen atoms in total. The van der Waals surface area contributed by atoms with E-state index in [-0.39, 0.29) is 0 Å². The van der Waals surface area contributed by atoms with Gasteiger partial charge in [-0.3, -0.25) is 0 Å². The van der Waals surface area contributed by atoms with E-state index in [4.69, 9.17) is 18.0 Å². The van der Waals surface area contributed by atoms with Gasteiger partial charge in [0, 0.05) is 28.4 Å². The molecule has 0 bridgehead atoms. The number of methoxy groups -OCH3 is 1. The Labute approximate surface area is 62.4 Å². The molecule has 0 aliphatic heterocycles. The van der Waals surface area contributed by atoms with Gasteiger partial charge in [0.15, 0.2) is 6.23 Å². The first-order valence-electron chi connectivity index (χ1n) is 2.77. The average Bonchev–Trinajstić information content (AvgIpc) is 2.01. The minimum atomic E-state index is -2.56. The zero-order valence-corrected chi connectivity index (χ0v) is 7.71. The van der Waals surface area contributed by atoms with E-state index in [2.05, 4.69) is 0 Å². The van der Waals surface area contributed by atoms with Crippen LogP contribution in [-0.2, 0) is 18.0 Å². The summed E-state index contributed by atoms with van der Waals surface area (Å²) >= 11 is 0. The van der Waals surface area contributed by atoms with Gasteiger partial charge in [0.25, 0.3) is 0 Å². The van der Waals surface area contributed by atoms with Gasteiger partial charge in [-0.05, 0) is 0 Å². The molecule has 0 aromatic heterocycles. The fraction of sp³-hybridized carbons (Fsp3) is 0.800. The van der Waals surface area contributed by atoms with Crippen LogP contribution in [0, 0.1) is 6.23 Å². The number of ether oxygens (including phenoxy) is 1. The monoisotopic (exact) mass is 165 g/mol. The van der Waals surface area contributed by atoms with Gasteiger partial charge >= 0.3 is 8.80 Å². The summed E-state index contributed by atoms with van der Waals surface area (Å²) in [6.45, 7) is 0. The van der Waals surface area contributed by atoms with Crippen LogP contribution < -0.4 is 0 Å². The second kappa shape index (κ2) is 4.81. The largest absolute Gasteiger partial charge is 0.533 e. The summed E-state index contributed by atoms with van der Waals surface area (Å²) in [5.74, 6) is 0. The van der Waals surface area contributed by atoms with Gasteiger partial charge in [0.2, 0.25) is 0 Å². The van der Waals surface area contributed by atoms with Crippen LogP contribution in [0.25, 0.3) is 0 Å². The van der Waals surface area contributed by atoms with Crippen molar-refractivity contribution in [1.29, 1.82) is 0 Å². The Morgan fingerprint density at radius 3 is 1.40 bits per heavy atom. The van der Waals surface area contributed by atoms with Crippen molar-refractivity contribution in [2.75, 3.05) is 28.4 Å². The predicted molar refractivity (Wildman–Crippen MR) is 38.1 cm³/mol. The van der Waals surface area contributed by atoms with Gasteiger partial charge in [0.1, 0.15) is 0 Å². The fourth-order valence-corrected chi connectivity index (χ4v) is 1.62. The van der Waals surface area contributed by atoms with Gasteiger partial charge in [0.05, 0.1) is 0 Å². The maximum Gasteiger partial charge on any atom is 0.533 e. The Morgan fingerprint density at radius 2 is 1.30 bits per heavy atom. The first kappa shape index (κ1) is 10.1. The third-order valence-corrected chi connectivity index (χ3v) is 3.35. The Hall–Kier alpha value is 0.0569. The molecule has 0 aliphatic rings. The highest BCUT2D eigenvalue weighted by Crippen LogP contribution is 2.08. The Bertz CT molecular complexity index is 75.5. The van der Waals surface area contributed by atoms with Crippen molar-refractivity contribution in [3.8, 4) is 0 Å². The zero-order chi connectivity index (χ0) is 8.04. The van der Waals surface area contributed by atoms with E-state index < -0.39 is 8.80 Å². The van der Waals surface area contributed by atoms with Gasteiger partial charge < -0.3 is 18.0 Å². The molecule has 0 saturated carbocycles. The molecule has 10 heavy (non-hydrogen) atoms. The van der Waals surface area contributed by atoms with Crippen LogP contribution in [0.3, 0.4) is 0 Å². The molecule has 0 saturated heterocycles. The highest BCUT2D eigenvalue weighted by atomic mass is 28.4. The van der Waals surface area contributed by atoms with Crippen LogP contribution in [0.4, 0.5) is 0 Å². The van der Waals surface area contributed by atoms with Crippen molar-refractivity contribution in [3.05, 3.63) is 6.23 Å². The lowest BCUT2D eigenvalue weighted by molar-refractivity contribution is 0.105. The molecule has 0 aliphatic carbocycles. The molecule has 0 rings (SSSR count). The molecule has 5 heteroatoms. The normalized spacial score (nSPS) is 12.0. The molecular weight excluding hydrogens is 152 g/mol. The van der Waals surface area contributed by atoms with Crippen molar-refractivity contribution in [1.82, 2.24) is 0 Å². The quantitative estimate of drug-likeness (QED) is 0.546. The number of hydrogen-bond acceptors (Lipinski definition) is 4. The van der Waals surface area contributed by atoms with Crippen molar-refractivity contribution in [3.63, 3.8) is 0 Å². The highest BCUT2D eigenvalue weighted by molar-refractivity contribution is 6.63. The van der Waals surface area contributed by atoms with Gasteiger partial charge in [-0.2, -0.15) is 0 Å². The summed E-state index contributed by atoms with van der Waals surface area (Å²) in [4.78, 5) is 0. The minimum Gasteiger partial charge on any atom is -0.375 e. The number of rotatable bonds is 5. The second-order valence-electron chi connectivity index (χ2n) is 1.57. The number of hydrogen-bond donors (Lipinski definition) is 0. The topological polar surface area (TPSA) is 36.9 Å². The smallest absolute Gasteiger partial charge is 0.375 e. The summed E-state index contributed by atoms with van der Waals surface area (Å²) in [6, 6.07) is 0. The first-order chi connectivity index (χ1) is 4.74. The maximum absolute atomic E-state index is 4.99. The van der Waals surface area contributed by atoms with Crippen molar-refractivity contribution in [2.24, 2.45) is 0 Å². The standard InChI is InChI=1S/C5H13O4Si/c1-6-5-10(7-2,8-3)9-4/h5H,1-4H3. The van der Waals surface area contributed by atoms with Crippen LogP contribution in [-0.4, -0.2) is 37.2 Å². The maximum atomic E-state index is 4.99. The van der Waals surface area contributed by atoms with E-state index in [0.29, 0.717) is 0 Å². The lowest BCUT2D eigenvalue weighted by Gasteiger charge is -2.22. The van der Waals surface area contributed by atoms with Crippen LogP contribution in [0.15, 0.2) is 0 Å². The van der Waals surface area contributed by atoms with E-state index in [1.807, 2.05) is 0 Å². The molecule has 0 N–H and O–H groups in total. The third kappa shape index (κ3) is 2.35. The van der Waals surface area contributed by atoms with E-state index in [0.717, 1.165) is 0 Å². The molecule has 0 fully saturated rings. The minimum absolute atomic E-state index is 1.45. The summed E-state index contributed by atoms with van der Waals surface area (Å²) in [6.07, 6.45) is 1.45. The summed E-state index contributed by atoms with van der Waals surface area (Å²) in [5, 5.41) is 0. The molecule has 1 radical (unpaired) electrons. The summed E-state index contributed by atoms with van der Waals surface area (Å²) < 4.78 is 19.7. The summed E-state index contributed by atoms with van der Waals surface area (Å²) in [7, 11) is 3.53. The van der Waals surface area contributed by atoms with E-state index >= 15 is 0 Å². The fourth-order valence-electron chi connectivity index (χ4n) is 0.539. The van der Waals surface area contributed by atoms with Crippen LogP contribution >= 0.6 is 0 Å².